The van der Waals surface area contributed by atoms with Crippen LogP contribution in [-0.2, 0) is 19.9 Å². The Morgan fingerprint density at radius 3 is 2.32 bits per heavy atom. The first kappa shape index (κ1) is 21.3. The van der Waals surface area contributed by atoms with E-state index in [-0.39, 0.29) is 0 Å². The Labute approximate surface area is 174 Å². The summed E-state index contributed by atoms with van der Waals surface area (Å²) in [5.74, 6) is 1.60. The lowest BCUT2D eigenvalue weighted by Gasteiger charge is -2.22. The van der Waals surface area contributed by atoms with Gasteiger partial charge in [-0.15, -0.1) is 0 Å². The number of hydrogen-bond acceptors (Lipinski definition) is 0. The minimum absolute atomic E-state index is 0.703. The highest BCUT2D eigenvalue weighted by Crippen LogP contribution is 2.29. The van der Waals surface area contributed by atoms with E-state index < -0.39 is 8.07 Å². The van der Waals surface area contributed by atoms with Crippen LogP contribution in [-0.4, -0.2) is 8.07 Å². The highest BCUT2D eigenvalue weighted by molar-refractivity contribution is 6.89. The molecule has 0 amide bonds. The average Bonchev–Trinajstić information content (AvgIpc) is 3.07. The van der Waals surface area contributed by atoms with Crippen LogP contribution in [0.4, 0.5) is 0 Å². The molecule has 1 saturated carbocycles. The normalized spacial score (nSPS) is 15.6. The van der Waals surface area contributed by atoms with E-state index in [1.54, 1.807) is 10.8 Å². The molecule has 1 fully saturated rings. The number of aromatic nitrogens is 1. The van der Waals surface area contributed by atoms with Crippen LogP contribution in [0, 0.1) is 18.8 Å². The molecule has 2 aromatic rings. The zero-order chi connectivity index (χ0) is 20.5. The van der Waals surface area contributed by atoms with Gasteiger partial charge in [0.05, 0.1) is 8.07 Å². The van der Waals surface area contributed by atoms with Gasteiger partial charge in [0.25, 0.3) is 0 Å². The van der Waals surface area contributed by atoms with Gasteiger partial charge in [-0.25, -0.2) is 4.57 Å². The SMILES string of the molecule is Cc1cc(CC(C)C)ccc1-c1cc([Si](C)(C)C)c(CC2CCCC2)c[n+]1C. The Morgan fingerprint density at radius 2 is 1.75 bits per heavy atom. The van der Waals surface area contributed by atoms with Crippen LogP contribution in [0.3, 0.4) is 0 Å². The summed E-state index contributed by atoms with van der Waals surface area (Å²) in [7, 11) is 0.839. The summed E-state index contributed by atoms with van der Waals surface area (Å²) in [6, 6.07) is 9.63. The minimum atomic E-state index is -1.40. The molecular weight excluding hydrogens is 354 g/mol. The van der Waals surface area contributed by atoms with Crippen molar-refractivity contribution >= 4 is 13.3 Å². The van der Waals surface area contributed by atoms with Gasteiger partial charge in [-0.1, -0.05) is 71.3 Å². The molecule has 0 radical (unpaired) electrons. The third-order valence-corrected chi connectivity index (χ3v) is 8.44. The average molecular weight is 395 g/mol. The summed E-state index contributed by atoms with van der Waals surface area (Å²) in [4.78, 5) is 0. The second kappa shape index (κ2) is 8.53. The van der Waals surface area contributed by atoms with Crippen LogP contribution in [0.5, 0.6) is 0 Å². The van der Waals surface area contributed by atoms with Gasteiger partial charge in [-0.05, 0) is 54.0 Å². The van der Waals surface area contributed by atoms with Crippen molar-refractivity contribution < 1.29 is 4.57 Å². The van der Waals surface area contributed by atoms with Crippen LogP contribution in [0.2, 0.25) is 19.6 Å². The number of hydrogen-bond donors (Lipinski definition) is 0. The van der Waals surface area contributed by atoms with E-state index in [0.717, 1.165) is 12.3 Å². The summed E-state index contributed by atoms with van der Waals surface area (Å²) in [6.07, 6.45) is 10.6. The summed E-state index contributed by atoms with van der Waals surface area (Å²) in [6.45, 7) is 14.4. The maximum atomic E-state index is 2.54. The topological polar surface area (TPSA) is 3.88 Å². The highest BCUT2D eigenvalue weighted by Gasteiger charge is 2.28. The van der Waals surface area contributed by atoms with E-state index >= 15 is 0 Å². The van der Waals surface area contributed by atoms with Crippen molar-refractivity contribution in [2.75, 3.05) is 0 Å². The monoisotopic (exact) mass is 394 g/mol. The third kappa shape index (κ3) is 4.95. The zero-order valence-electron chi connectivity index (χ0n) is 19.2. The van der Waals surface area contributed by atoms with Crippen molar-refractivity contribution in [2.45, 2.75) is 78.9 Å². The van der Waals surface area contributed by atoms with Gasteiger partial charge in [0, 0.05) is 17.2 Å². The number of aryl methyl sites for hydroxylation is 2. The number of nitrogens with zero attached hydrogens (tertiary/aromatic N) is 1. The molecule has 3 rings (SSSR count). The van der Waals surface area contributed by atoms with Crippen molar-refractivity contribution in [3.8, 4) is 11.3 Å². The Morgan fingerprint density at radius 1 is 1.07 bits per heavy atom. The predicted octanol–water partition coefficient (Wildman–Crippen LogP) is 5.96. The van der Waals surface area contributed by atoms with Gasteiger partial charge in [0.1, 0.15) is 7.05 Å². The van der Waals surface area contributed by atoms with Crippen LogP contribution < -0.4 is 9.75 Å². The van der Waals surface area contributed by atoms with Gasteiger partial charge in [0.2, 0.25) is 5.69 Å². The van der Waals surface area contributed by atoms with Crippen molar-refractivity contribution in [2.24, 2.45) is 18.9 Å². The molecule has 1 aliphatic carbocycles. The molecule has 0 bridgehead atoms. The molecule has 0 unspecified atom stereocenters. The fraction of sp³-hybridized carbons (Fsp3) is 0.577. The Bertz CT molecular complexity index is 823. The summed E-state index contributed by atoms with van der Waals surface area (Å²) in [5, 5.41) is 1.66. The predicted molar refractivity (Wildman–Crippen MR) is 125 cm³/mol. The molecule has 1 aromatic heterocycles. The van der Waals surface area contributed by atoms with E-state index in [1.165, 1.54) is 54.5 Å². The fourth-order valence-electron chi connectivity index (χ4n) is 4.97. The molecular formula is C26H40NSi+. The van der Waals surface area contributed by atoms with Crippen LogP contribution in [0.25, 0.3) is 11.3 Å². The standard InChI is InChI=1S/C26H40NSi/c1-19(2)14-22-12-13-24(20(3)15-22)25-17-26(28(5,6)7)23(18-27(25)4)16-21-10-8-9-11-21/h12-13,15,17-19,21H,8-11,14,16H2,1-7H3/q+1. The van der Waals surface area contributed by atoms with Gasteiger partial charge in [-0.3, -0.25) is 0 Å². The summed E-state index contributed by atoms with van der Waals surface area (Å²) >= 11 is 0. The molecule has 1 heterocycles. The van der Waals surface area contributed by atoms with E-state index in [9.17, 15) is 0 Å². The van der Waals surface area contributed by atoms with E-state index in [2.05, 4.69) is 82.5 Å². The maximum Gasteiger partial charge on any atom is 0.212 e. The van der Waals surface area contributed by atoms with E-state index in [0.29, 0.717) is 5.92 Å². The van der Waals surface area contributed by atoms with Crippen molar-refractivity contribution in [1.29, 1.82) is 0 Å². The van der Waals surface area contributed by atoms with Crippen LogP contribution >= 0.6 is 0 Å². The first-order chi connectivity index (χ1) is 13.1. The number of pyridine rings is 1. The van der Waals surface area contributed by atoms with Crippen molar-refractivity contribution in [1.82, 2.24) is 0 Å². The first-order valence-electron chi connectivity index (χ1n) is 11.3. The van der Waals surface area contributed by atoms with E-state index in [1.807, 2.05) is 0 Å². The molecule has 1 aliphatic rings. The zero-order valence-corrected chi connectivity index (χ0v) is 20.2. The molecule has 0 spiro atoms. The number of benzene rings is 1. The molecule has 2 heteroatoms. The molecule has 0 atom stereocenters. The summed E-state index contributed by atoms with van der Waals surface area (Å²) < 4.78 is 2.39. The quantitative estimate of drug-likeness (QED) is 0.420. The van der Waals surface area contributed by atoms with Gasteiger partial charge in [-0.2, -0.15) is 0 Å². The van der Waals surface area contributed by atoms with Gasteiger partial charge < -0.3 is 0 Å². The Kier molecular flexibility index (Phi) is 6.49. The summed E-state index contributed by atoms with van der Waals surface area (Å²) in [5.41, 5.74) is 7.25. The van der Waals surface area contributed by atoms with Crippen molar-refractivity contribution in [3.05, 3.63) is 47.2 Å². The smallest absolute Gasteiger partial charge is 0.201 e. The van der Waals surface area contributed by atoms with Gasteiger partial charge in [0.15, 0.2) is 6.20 Å². The maximum absolute atomic E-state index is 2.54. The fourth-order valence-corrected chi connectivity index (χ4v) is 6.67. The highest BCUT2D eigenvalue weighted by atomic mass is 28.3. The lowest BCUT2D eigenvalue weighted by Crippen LogP contribution is -2.45. The van der Waals surface area contributed by atoms with Crippen LogP contribution in [0.1, 0.15) is 56.2 Å². The van der Waals surface area contributed by atoms with E-state index in [4.69, 9.17) is 0 Å². The second-order valence-electron chi connectivity index (χ2n) is 10.6. The van der Waals surface area contributed by atoms with Gasteiger partial charge >= 0.3 is 0 Å². The lowest BCUT2D eigenvalue weighted by atomic mass is 9.95. The largest absolute Gasteiger partial charge is 0.212 e. The van der Waals surface area contributed by atoms with Crippen molar-refractivity contribution in [3.63, 3.8) is 0 Å². The second-order valence-corrected chi connectivity index (χ2v) is 15.6. The first-order valence-corrected chi connectivity index (χ1v) is 14.8. The Hall–Kier alpha value is -1.41. The Balaban J connectivity index is 2.02. The third-order valence-electron chi connectivity index (χ3n) is 6.36. The molecule has 152 valence electrons. The molecule has 1 nitrogen and oxygen atoms in total. The molecule has 0 N–H and O–H groups in total. The van der Waals surface area contributed by atoms with Crippen LogP contribution in [0.15, 0.2) is 30.5 Å². The molecule has 0 aliphatic heterocycles. The lowest BCUT2D eigenvalue weighted by molar-refractivity contribution is -0.660. The molecule has 1 aromatic carbocycles. The minimum Gasteiger partial charge on any atom is -0.201 e. The molecule has 0 saturated heterocycles. The molecule has 28 heavy (non-hydrogen) atoms. The number of rotatable bonds is 6.